The molecule has 0 unspecified atom stereocenters. The summed E-state index contributed by atoms with van der Waals surface area (Å²) in [6, 6.07) is 20.9. The maximum Gasteiger partial charge on any atom is 0.354 e. The quantitative estimate of drug-likeness (QED) is 0.158. The summed E-state index contributed by atoms with van der Waals surface area (Å²) in [7, 11) is 0. The van der Waals surface area contributed by atoms with E-state index in [-0.39, 0.29) is 10.4 Å². The van der Waals surface area contributed by atoms with Crippen molar-refractivity contribution in [3.63, 3.8) is 0 Å². The van der Waals surface area contributed by atoms with Crippen LogP contribution in [0.2, 0.25) is 0 Å². The first-order chi connectivity index (χ1) is 15.7. The zero-order chi connectivity index (χ0) is 22.3. The molecule has 3 nitrogen and oxygen atoms in total. The lowest BCUT2D eigenvalue weighted by Gasteiger charge is -2.24. The molecular formula is C26H27NO2S3. The predicted molar refractivity (Wildman–Crippen MR) is 141 cm³/mol. The van der Waals surface area contributed by atoms with E-state index in [9.17, 15) is 4.79 Å². The fraction of sp³-hybridized carbons (Fsp3) is 0.308. The standard InChI is InChI=1S/C26H27NO2S3/c1-2-3-4-5-6-13-18-27-21(19-14-9-7-10-15-19)22(20-16-11-8-12-17-20)31-24(27)23-25(28)29-26(30)32-23/h7-12,14-17H,2-6,13,18H2,1H3/b24-23+. The van der Waals surface area contributed by atoms with Gasteiger partial charge in [0.15, 0.2) is 0 Å². The Morgan fingerprint density at radius 3 is 2.06 bits per heavy atom. The third kappa shape index (κ3) is 5.30. The van der Waals surface area contributed by atoms with Gasteiger partial charge in [-0.2, -0.15) is 0 Å². The van der Waals surface area contributed by atoms with E-state index in [1.165, 1.54) is 43.9 Å². The normalized spacial score (nSPS) is 18.6. The Hall–Kier alpha value is -2.02. The first-order valence-electron chi connectivity index (χ1n) is 11.2. The van der Waals surface area contributed by atoms with E-state index in [1.54, 1.807) is 11.8 Å². The molecule has 2 aliphatic rings. The van der Waals surface area contributed by atoms with Crippen LogP contribution >= 0.6 is 35.7 Å². The van der Waals surface area contributed by atoms with Crippen LogP contribution in [0.25, 0.3) is 10.6 Å². The number of carbonyl (C=O) groups is 1. The Morgan fingerprint density at radius 1 is 0.812 bits per heavy atom. The van der Waals surface area contributed by atoms with Crippen molar-refractivity contribution < 1.29 is 9.53 Å². The minimum absolute atomic E-state index is 0.284. The van der Waals surface area contributed by atoms with Gasteiger partial charge in [-0.25, -0.2) is 4.79 Å². The topological polar surface area (TPSA) is 29.5 Å². The Morgan fingerprint density at radius 2 is 1.44 bits per heavy atom. The number of unbranched alkanes of at least 4 members (excludes halogenated alkanes) is 5. The molecule has 0 atom stereocenters. The number of nitrogens with zero attached hydrogens (tertiary/aromatic N) is 1. The highest BCUT2D eigenvalue weighted by Crippen LogP contribution is 2.53. The number of carbonyl (C=O) groups excluding carboxylic acids is 1. The van der Waals surface area contributed by atoms with Crippen LogP contribution in [0.5, 0.6) is 0 Å². The molecule has 1 saturated heterocycles. The largest absolute Gasteiger partial charge is 0.404 e. The molecule has 2 aromatic carbocycles. The van der Waals surface area contributed by atoms with Crippen molar-refractivity contribution in [2.75, 3.05) is 6.54 Å². The van der Waals surface area contributed by atoms with E-state index in [2.05, 4.69) is 60.4 Å². The van der Waals surface area contributed by atoms with Gasteiger partial charge in [0.25, 0.3) is 0 Å². The number of thiocarbonyl (C=S) groups is 1. The van der Waals surface area contributed by atoms with Crippen LogP contribution in [0.1, 0.15) is 56.6 Å². The zero-order valence-corrected chi connectivity index (χ0v) is 20.7. The molecule has 4 rings (SSSR count). The number of benzene rings is 2. The highest BCUT2D eigenvalue weighted by Gasteiger charge is 2.38. The van der Waals surface area contributed by atoms with Gasteiger partial charge in [-0.05, 0) is 41.5 Å². The van der Waals surface area contributed by atoms with Gasteiger partial charge in [0.05, 0.1) is 5.70 Å². The monoisotopic (exact) mass is 481 g/mol. The fourth-order valence-corrected chi connectivity index (χ4v) is 6.35. The fourth-order valence-electron chi connectivity index (χ4n) is 3.92. The highest BCUT2D eigenvalue weighted by atomic mass is 32.2. The summed E-state index contributed by atoms with van der Waals surface area (Å²) < 4.78 is 5.51. The number of hydrogen-bond donors (Lipinski definition) is 0. The second-order valence-corrected chi connectivity index (χ2v) is 10.4. The van der Waals surface area contributed by atoms with Gasteiger partial charge < -0.3 is 9.64 Å². The molecule has 0 amide bonds. The van der Waals surface area contributed by atoms with Gasteiger partial charge >= 0.3 is 5.97 Å². The SMILES string of the molecule is CCCCCCCCN1C(c2ccccc2)=C(c2ccccc2)S/C1=C1/SC(=S)OC1=O. The maximum absolute atomic E-state index is 12.6. The summed E-state index contributed by atoms with van der Waals surface area (Å²) in [5, 5.41) is 0.936. The van der Waals surface area contributed by atoms with E-state index in [4.69, 9.17) is 17.0 Å². The summed E-state index contributed by atoms with van der Waals surface area (Å²) >= 11 is 8.11. The number of ether oxygens (including phenoxy) is 1. The van der Waals surface area contributed by atoms with Crippen LogP contribution in [0.15, 0.2) is 70.6 Å². The van der Waals surface area contributed by atoms with Gasteiger partial charge in [0, 0.05) is 11.4 Å². The van der Waals surface area contributed by atoms with Gasteiger partial charge in [-0.15, -0.1) is 0 Å². The van der Waals surface area contributed by atoms with Crippen LogP contribution in [-0.4, -0.2) is 21.8 Å². The average Bonchev–Trinajstić information content (AvgIpc) is 3.36. The summed E-state index contributed by atoms with van der Waals surface area (Å²) in [5.41, 5.74) is 3.46. The minimum Gasteiger partial charge on any atom is -0.404 e. The lowest BCUT2D eigenvalue weighted by molar-refractivity contribution is -0.129. The van der Waals surface area contributed by atoms with E-state index >= 15 is 0 Å². The summed E-state index contributed by atoms with van der Waals surface area (Å²) in [5.74, 6) is -0.336. The molecule has 0 aromatic heterocycles. The molecule has 32 heavy (non-hydrogen) atoms. The molecule has 0 radical (unpaired) electrons. The average molecular weight is 482 g/mol. The third-order valence-corrected chi connectivity index (χ3v) is 8.02. The number of esters is 1. The van der Waals surface area contributed by atoms with Crippen LogP contribution in [0, 0.1) is 0 Å². The lowest BCUT2D eigenvalue weighted by Crippen LogP contribution is -2.20. The van der Waals surface area contributed by atoms with Gasteiger partial charge in [0.2, 0.25) is 4.38 Å². The van der Waals surface area contributed by atoms with E-state index in [0.717, 1.165) is 39.7 Å². The Labute approximate surface area is 204 Å². The molecule has 166 valence electrons. The van der Waals surface area contributed by atoms with Crippen molar-refractivity contribution in [3.05, 3.63) is 81.7 Å². The number of thioether (sulfide) groups is 2. The molecule has 0 spiro atoms. The smallest absolute Gasteiger partial charge is 0.354 e. The summed E-state index contributed by atoms with van der Waals surface area (Å²) in [6.07, 6.45) is 7.33. The molecule has 2 heterocycles. The van der Waals surface area contributed by atoms with Gasteiger partial charge in [-0.3, -0.25) is 0 Å². The first-order valence-corrected chi connectivity index (χ1v) is 13.2. The number of hydrogen-bond acceptors (Lipinski definition) is 6. The molecule has 0 N–H and O–H groups in total. The Bertz CT molecular complexity index is 1030. The van der Waals surface area contributed by atoms with E-state index in [1.807, 2.05) is 12.1 Å². The van der Waals surface area contributed by atoms with Crippen molar-refractivity contribution in [3.8, 4) is 0 Å². The Kier molecular flexibility index (Phi) is 8.11. The second kappa shape index (κ2) is 11.2. The second-order valence-electron chi connectivity index (χ2n) is 7.81. The third-order valence-electron chi connectivity index (χ3n) is 5.49. The number of rotatable bonds is 9. The van der Waals surface area contributed by atoms with Crippen molar-refractivity contribution in [2.24, 2.45) is 0 Å². The van der Waals surface area contributed by atoms with Crippen molar-refractivity contribution in [1.82, 2.24) is 4.90 Å². The van der Waals surface area contributed by atoms with Crippen LogP contribution in [0.4, 0.5) is 0 Å². The molecule has 6 heteroatoms. The molecule has 2 aromatic rings. The lowest BCUT2D eigenvalue weighted by atomic mass is 10.1. The summed E-state index contributed by atoms with van der Waals surface area (Å²) in [4.78, 5) is 16.7. The van der Waals surface area contributed by atoms with E-state index in [0.29, 0.717) is 4.91 Å². The molecule has 2 aliphatic heterocycles. The van der Waals surface area contributed by atoms with Crippen LogP contribution < -0.4 is 0 Å². The van der Waals surface area contributed by atoms with Crippen molar-refractivity contribution in [1.29, 1.82) is 0 Å². The molecular weight excluding hydrogens is 454 g/mol. The number of cyclic esters (lactones) is 1. The highest BCUT2D eigenvalue weighted by molar-refractivity contribution is 8.27. The molecule has 0 bridgehead atoms. The van der Waals surface area contributed by atoms with Crippen LogP contribution in [0.3, 0.4) is 0 Å². The zero-order valence-electron chi connectivity index (χ0n) is 18.2. The van der Waals surface area contributed by atoms with Crippen LogP contribution in [-0.2, 0) is 9.53 Å². The summed E-state index contributed by atoms with van der Waals surface area (Å²) in [6.45, 7) is 3.10. The Balaban J connectivity index is 1.72. The van der Waals surface area contributed by atoms with Gasteiger partial charge in [0.1, 0.15) is 9.93 Å². The molecule has 1 fully saturated rings. The van der Waals surface area contributed by atoms with Crippen molar-refractivity contribution >= 4 is 56.7 Å². The van der Waals surface area contributed by atoms with E-state index < -0.39 is 0 Å². The first kappa shape index (κ1) is 23.1. The maximum atomic E-state index is 12.6. The molecule has 0 aliphatic carbocycles. The predicted octanol–water partition coefficient (Wildman–Crippen LogP) is 7.67. The minimum atomic E-state index is -0.336. The van der Waals surface area contributed by atoms with Crippen molar-refractivity contribution in [2.45, 2.75) is 45.4 Å². The molecule has 0 saturated carbocycles. The van der Waals surface area contributed by atoms with Gasteiger partial charge in [-0.1, -0.05) is 111 Å².